The lowest BCUT2D eigenvalue weighted by Crippen LogP contribution is -2.36. The van der Waals surface area contributed by atoms with Crippen molar-refractivity contribution in [3.05, 3.63) is 71.3 Å². The summed E-state index contributed by atoms with van der Waals surface area (Å²) in [5.41, 5.74) is 2.94. The van der Waals surface area contributed by atoms with Crippen LogP contribution >= 0.6 is 0 Å². The molecule has 28 heavy (non-hydrogen) atoms. The number of aryl methyl sites for hydroxylation is 1. The maximum atomic E-state index is 12.9. The zero-order chi connectivity index (χ0) is 19.9. The highest BCUT2D eigenvalue weighted by molar-refractivity contribution is 5.95. The van der Waals surface area contributed by atoms with E-state index in [0.29, 0.717) is 31.8 Å². The highest BCUT2D eigenvalue weighted by atomic mass is 16.5. The third kappa shape index (κ3) is 4.78. The number of rotatable bonds is 7. The number of ether oxygens (including phenoxy) is 1. The Balaban J connectivity index is 1.77. The van der Waals surface area contributed by atoms with E-state index in [1.165, 1.54) is 5.56 Å². The maximum Gasteiger partial charge on any atom is 0.253 e. The van der Waals surface area contributed by atoms with E-state index in [2.05, 4.69) is 29.6 Å². The standard InChI is InChI=1S/C23H28N2O3/c1-17-9-11-18(12-10-17)20-15-25(23(27)19-7-4-3-5-8-19)16-21(20)22(26)24-13-6-14-28-2/h3-5,7-12,20-21H,6,13-16H2,1-2H3,(H,24,26)/t20-,21-/m0/s1. The Morgan fingerprint density at radius 3 is 2.46 bits per heavy atom. The van der Waals surface area contributed by atoms with Gasteiger partial charge in [0.25, 0.3) is 5.91 Å². The fourth-order valence-electron chi connectivity index (χ4n) is 3.71. The number of hydrogen-bond acceptors (Lipinski definition) is 3. The molecule has 1 aliphatic heterocycles. The maximum absolute atomic E-state index is 12.9. The number of likely N-dealkylation sites (tertiary alicyclic amines) is 1. The molecule has 0 saturated carbocycles. The quantitative estimate of drug-likeness (QED) is 0.751. The van der Waals surface area contributed by atoms with Gasteiger partial charge in [-0.1, -0.05) is 48.0 Å². The average molecular weight is 380 g/mol. The summed E-state index contributed by atoms with van der Waals surface area (Å²) in [7, 11) is 1.65. The topological polar surface area (TPSA) is 58.6 Å². The summed E-state index contributed by atoms with van der Waals surface area (Å²) in [6, 6.07) is 17.5. The van der Waals surface area contributed by atoms with Gasteiger partial charge in [0.2, 0.25) is 5.91 Å². The molecular weight excluding hydrogens is 352 g/mol. The van der Waals surface area contributed by atoms with E-state index in [4.69, 9.17) is 4.74 Å². The average Bonchev–Trinajstić information content (AvgIpc) is 3.17. The first-order valence-electron chi connectivity index (χ1n) is 9.77. The second kappa shape index (κ2) is 9.51. The minimum atomic E-state index is -0.252. The van der Waals surface area contributed by atoms with Crippen molar-refractivity contribution < 1.29 is 14.3 Å². The van der Waals surface area contributed by atoms with Crippen molar-refractivity contribution >= 4 is 11.8 Å². The molecule has 2 amide bonds. The van der Waals surface area contributed by atoms with Crippen molar-refractivity contribution in [2.75, 3.05) is 33.4 Å². The Bertz CT molecular complexity index is 789. The van der Waals surface area contributed by atoms with E-state index >= 15 is 0 Å². The molecule has 0 radical (unpaired) electrons. The van der Waals surface area contributed by atoms with Crippen LogP contribution in [0.25, 0.3) is 0 Å². The first-order valence-corrected chi connectivity index (χ1v) is 9.77. The first-order chi connectivity index (χ1) is 13.6. The van der Waals surface area contributed by atoms with Crippen LogP contribution < -0.4 is 5.32 Å². The van der Waals surface area contributed by atoms with Gasteiger partial charge < -0.3 is 15.0 Å². The zero-order valence-electron chi connectivity index (χ0n) is 16.6. The molecule has 2 atom stereocenters. The number of methoxy groups -OCH3 is 1. The molecule has 1 heterocycles. The third-order valence-corrected chi connectivity index (χ3v) is 5.29. The Labute approximate surface area is 166 Å². The second-order valence-corrected chi connectivity index (χ2v) is 7.34. The van der Waals surface area contributed by atoms with Crippen molar-refractivity contribution in [3.63, 3.8) is 0 Å². The van der Waals surface area contributed by atoms with Gasteiger partial charge in [-0.15, -0.1) is 0 Å². The summed E-state index contributed by atoms with van der Waals surface area (Å²) in [5.74, 6) is -0.272. The van der Waals surface area contributed by atoms with Gasteiger partial charge in [0, 0.05) is 44.8 Å². The fourth-order valence-corrected chi connectivity index (χ4v) is 3.71. The number of carbonyl (C=O) groups is 2. The monoisotopic (exact) mass is 380 g/mol. The van der Waals surface area contributed by atoms with E-state index in [-0.39, 0.29) is 23.7 Å². The van der Waals surface area contributed by atoms with Gasteiger partial charge in [-0.25, -0.2) is 0 Å². The summed E-state index contributed by atoms with van der Waals surface area (Å²) in [6.45, 7) is 4.22. The van der Waals surface area contributed by atoms with Crippen molar-refractivity contribution in [2.24, 2.45) is 5.92 Å². The van der Waals surface area contributed by atoms with Crippen molar-refractivity contribution in [1.29, 1.82) is 0 Å². The normalized spacial score (nSPS) is 18.9. The van der Waals surface area contributed by atoms with Crippen LogP contribution in [0.2, 0.25) is 0 Å². The predicted molar refractivity (Wildman–Crippen MR) is 109 cm³/mol. The molecule has 0 unspecified atom stereocenters. The van der Waals surface area contributed by atoms with E-state index in [9.17, 15) is 9.59 Å². The number of hydrogen-bond donors (Lipinski definition) is 1. The number of benzene rings is 2. The molecule has 1 N–H and O–H groups in total. The molecule has 0 aromatic heterocycles. The van der Waals surface area contributed by atoms with E-state index in [1.807, 2.05) is 37.3 Å². The van der Waals surface area contributed by atoms with E-state index < -0.39 is 0 Å². The van der Waals surface area contributed by atoms with Gasteiger partial charge in [-0.2, -0.15) is 0 Å². The molecule has 5 nitrogen and oxygen atoms in total. The fraction of sp³-hybridized carbons (Fsp3) is 0.391. The van der Waals surface area contributed by atoms with Crippen LogP contribution in [0.15, 0.2) is 54.6 Å². The smallest absolute Gasteiger partial charge is 0.253 e. The first kappa shape index (κ1) is 20.1. The molecule has 148 valence electrons. The molecular formula is C23H28N2O3. The molecule has 1 fully saturated rings. The van der Waals surface area contributed by atoms with Gasteiger partial charge in [0.15, 0.2) is 0 Å². The van der Waals surface area contributed by atoms with Crippen LogP contribution in [0.1, 0.15) is 33.8 Å². The van der Waals surface area contributed by atoms with Gasteiger partial charge in [-0.05, 0) is 31.0 Å². The zero-order valence-corrected chi connectivity index (χ0v) is 16.6. The molecule has 2 aromatic carbocycles. The summed E-state index contributed by atoms with van der Waals surface area (Å²) < 4.78 is 5.04. The molecule has 1 aliphatic rings. The predicted octanol–water partition coefficient (Wildman–Crippen LogP) is 3.00. The van der Waals surface area contributed by atoms with Crippen molar-refractivity contribution in [2.45, 2.75) is 19.3 Å². The second-order valence-electron chi connectivity index (χ2n) is 7.34. The van der Waals surface area contributed by atoms with Crippen LogP contribution in [0, 0.1) is 12.8 Å². The number of nitrogens with zero attached hydrogens (tertiary/aromatic N) is 1. The highest BCUT2D eigenvalue weighted by Crippen LogP contribution is 2.34. The minimum Gasteiger partial charge on any atom is -0.385 e. The molecule has 1 saturated heterocycles. The lowest BCUT2D eigenvalue weighted by Gasteiger charge is -2.18. The molecule has 3 rings (SSSR count). The summed E-state index contributed by atoms with van der Waals surface area (Å²) in [5, 5.41) is 3.01. The van der Waals surface area contributed by atoms with Crippen molar-refractivity contribution in [3.8, 4) is 0 Å². The summed E-state index contributed by atoms with van der Waals surface area (Å²) in [6.07, 6.45) is 0.775. The molecule has 0 bridgehead atoms. The number of amides is 2. The lowest BCUT2D eigenvalue weighted by atomic mass is 9.88. The molecule has 5 heteroatoms. The van der Waals surface area contributed by atoms with Crippen LogP contribution in [0.4, 0.5) is 0 Å². The van der Waals surface area contributed by atoms with E-state index in [0.717, 1.165) is 12.0 Å². The minimum absolute atomic E-state index is 0.00399. The largest absolute Gasteiger partial charge is 0.385 e. The summed E-state index contributed by atoms with van der Waals surface area (Å²) in [4.78, 5) is 27.6. The third-order valence-electron chi connectivity index (χ3n) is 5.29. The van der Waals surface area contributed by atoms with Crippen LogP contribution in [-0.4, -0.2) is 50.1 Å². The van der Waals surface area contributed by atoms with Crippen molar-refractivity contribution in [1.82, 2.24) is 10.2 Å². The van der Waals surface area contributed by atoms with Crippen LogP contribution in [0.3, 0.4) is 0 Å². The highest BCUT2D eigenvalue weighted by Gasteiger charge is 2.40. The molecule has 2 aromatic rings. The SMILES string of the molecule is COCCCNC(=O)[C@H]1CN(C(=O)c2ccccc2)C[C@H]1c1ccc(C)cc1. The summed E-state index contributed by atoms with van der Waals surface area (Å²) >= 11 is 0. The number of carbonyl (C=O) groups excluding carboxylic acids is 2. The van der Waals surface area contributed by atoms with Gasteiger partial charge in [0.1, 0.15) is 0 Å². The van der Waals surface area contributed by atoms with E-state index in [1.54, 1.807) is 12.0 Å². The van der Waals surface area contributed by atoms with Crippen LogP contribution in [0.5, 0.6) is 0 Å². The Hall–Kier alpha value is -2.66. The van der Waals surface area contributed by atoms with Gasteiger partial charge in [-0.3, -0.25) is 9.59 Å². The molecule has 0 aliphatic carbocycles. The number of nitrogens with one attached hydrogen (secondary N) is 1. The Morgan fingerprint density at radius 1 is 1.07 bits per heavy atom. The molecule has 0 spiro atoms. The van der Waals surface area contributed by atoms with Gasteiger partial charge in [0.05, 0.1) is 5.92 Å². The van der Waals surface area contributed by atoms with Gasteiger partial charge >= 0.3 is 0 Å². The Kier molecular flexibility index (Phi) is 6.82. The Morgan fingerprint density at radius 2 is 1.79 bits per heavy atom. The van der Waals surface area contributed by atoms with Crippen LogP contribution in [-0.2, 0) is 9.53 Å². The lowest BCUT2D eigenvalue weighted by molar-refractivity contribution is -0.124.